The molecule has 1 aromatic heterocycles. The quantitative estimate of drug-likeness (QED) is 0.517. The van der Waals surface area contributed by atoms with E-state index in [-0.39, 0.29) is 16.4 Å². The molecule has 1 N–H and O–H groups in total. The van der Waals surface area contributed by atoms with E-state index in [1.54, 1.807) is 6.07 Å². The minimum atomic E-state index is -1.31. The highest BCUT2D eigenvalue weighted by Gasteiger charge is 2.21. The highest BCUT2D eigenvalue weighted by molar-refractivity contribution is 7.90. The molecule has 0 saturated carbocycles. The van der Waals surface area contributed by atoms with Crippen LogP contribution < -0.4 is 5.32 Å². The van der Waals surface area contributed by atoms with Crippen molar-refractivity contribution in [3.05, 3.63) is 34.4 Å². The predicted molar refractivity (Wildman–Crippen MR) is 88.6 cm³/mol. The van der Waals surface area contributed by atoms with Gasteiger partial charge in [-0.05, 0) is 19.9 Å². The van der Waals surface area contributed by atoms with Gasteiger partial charge in [-0.1, -0.05) is 41.4 Å². The third kappa shape index (κ3) is 3.80. The van der Waals surface area contributed by atoms with Crippen molar-refractivity contribution < 1.29 is 4.55 Å². The number of hydrogen-bond donors (Lipinski definition) is 1. The van der Waals surface area contributed by atoms with Gasteiger partial charge in [0.25, 0.3) is 0 Å². The standard InChI is InChI=1S/C14H15Cl2N3OS/c1-8(2)17-13-11(9-6-4-5-7-10(9)15)12(16)18-14(19-13)21(3)20/h4-8H,1-3H3,(H,17,18,19). The van der Waals surface area contributed by atoms with Gasteiger partial charge in [-0.3, -0.25) is 0 Å². The number of aromatic nitrogens is 2. The van der Waals surface area contributed by atoms with Crippen LogP contribution in [0.4, 0.5) is 5.82 Å². The fraction of sp³-hybridized carbons (Fsp3) is 0.286. The first kappa shape index (κ1) is 16.4. The molecule has 0 spiro atoms. The first-order chi connectivity index (χ1) is 9.90. The topological polar surface area (TPSA) is 60.9 Å². The second kappa shape index (κ2) is 6.83. The molecule has 1 aromatic carbocycles. The molecule has 7 heteroatoms. The molecule has 0 aliphatic carbocycles. The van der Waals surface area contributed by atoms with Crippen molar-refractivity contribution in [2.24, 2.45) is 0 Å². The number of nitrogens with one attached hydrogen (secondary N) is 1. The number of benzene rings is 1. The summed E-state index contributed by atoms with van der Waals surface area (Å²) < 4.78 is 11.6. The lowest BCUT2D eigenvalue weighted by atomic mass is 10.1. The van der Waals surface area contributed by atoms with Crippen molar-refractivity contribution in [3.63, 3.8) is 0 Å². The molecule has 112 valence electrons. The van der Waals surface area contributed by atoms with Crippen LogP contribution >= 0.6 is 23.2 Å². The molecule has 4 nitrogen and oxygen atoms in total. The molecule has 1 unspecified atom stereocenters. The molecule has 0 aliphatic rings. The zero-order chi connectivity index (χ0) is 15.6. The fourth-order valence-corrected chi connectivity index (χ4v) is 2.81. The van der Waals surface area contributed by atoms with E-state index in [9.17, 15) is 4.55 Å². The number of nitrogens with zero attached hydrogens (tertiary/aromatic N) is 2. The maximum atomic E-state index is 11.6. The van der Waals surface area contributed by atoms with E-state index < -0.39 is 11.2 Å². The summed E-state index contributed by atoms with van der Waals surface area (Å²) in [6.07, 6.45) is 1.51. The number of hydrogen-bond acceptors (Lipinski definition) is 4. The molecule has 2 rings (SSSR count). The lowest BCUT2D eigenvalue weighted by molar-refractivity contribution is 0.592. The van der Waals surface area contributed by atoms with Crippen LogP contribution in [0, 0.1) is 0 Å². The number of halogens is 2. The zero-order valence-corrected chi connectivity index (χ0v) is 14.2. The number of anilines is 1. The molecule has 21 heavy (non-hydrogen) atoms. The molecule has 1 atom stereocenters. The van der Waals surface area contributed by atoms with Crippen molar-refractivity contribution in [2.45, 2.75) is 25.0 Å². The second-order valence-corrected chi connectivity index (χ2v) is 6.79. The van der Waals surface area contributed by atoms with Crippen LogP contribution in [0.5, 0.6) is 0 Å². The van der Waals surface area contributed by atoms with Crippen LogP contribution in [0.2, 0.25) is 10.2 Å². The van der Waals surface area contributed by atoms with Gasteiger partial charge < -0.3 is 9.87 Å². The largest absolute Gasteiger partial charge is 0.609 e. The third-order valence-corrected chi connectivity index (χ3v) is 3.97. The Labute approximate surface area is 137 Å². The van der Waals surface area contributed by atoms with E-state index in [2.05, 4.69) is 15.3 Å². The van der Waals surface area contributed by atoms with Crippen molar-refractivity contribution in [1.82, 2.24) is 9.97 Å². The highest BCUT2D eigenvalue weighted by Crippen LogP contribution is 2.37. The van der Waals surface area contributed by atoms with E-state index in [0.29, 0.717) is 16.4 Å². The van der Waals surface area contributed by atoms with E-state index in [1.807, 2.05) is 32.0 Å². The molecular weight excluding hydrogens is 329 g/mol. The monoisotopic (exact) mass is 343 g/mol. The van der Waals surface area contributed by atoms with Crippen molar-refractivity contribution in [1.29, 1.82) is 0 Å². The third-order valence-electron chi connectivity index (χ3n) is 2.67. The molecule has 0 saturated heterocycles. The fourth-order valence-electron chi connectivity index (χ4n) is 1.82. The second-order valence-electron chi connectivity index (χ2n) is 4.75. The predicted octanol–water partition coefficient (Wildman–Crippen LogP) is 4.01. The van der Waals surface area contributed by atoms with Crippen molar-refractivity contribution in [3.8, 4) is 11.1 Å². The smallest absolute Gasteiger partial charge is 0.345 e. The van der Waals surface area contributed by atoms with Crippen LogP contribution in [0.25, 0.3) is 11.1 Å². The lowest BCUT2D eigenvalue weighted by Crippen LogP contribution is -2.15. The Kier molecular flexibility index (Phi) is 5.32. The van der Waals surface area contributed by atoms with Crippen LogP contribution in [-0.4, -0.2) is 26.8 Å². The molecule has 2 aromatic rings. The van der Waals surface area contributed by atoms with Crippen LogP contribution in [0.15, 0.2) is 29.4 Å². The molecule has 0 amide bonds. The van der Waals surface area contributed by atoms with Gasteiger partial charge in [0.1, 0.15) is 17.2 Å². The Morgan fingerprint density at radius 3 is 2.43 bits per heavy atom. The van der Waals surface area contributed by atoms with Crippen molar-refractivity contribution >= 4 is 40.2 Å². The van der Waals surface area contributed by atoms with E-state index in [4.69, 9.17) is 23.2 Å². The van der Waals surface area contributed by atoms with Gasteiger partial charge in [0.15, 0.2) is 0 Å². The summed E-state index contributed by atoms with van der Waals surface area (Å²) in [7, 11) is 0. The SMILES string of the molecule is CC(C)Nc1nc([S+](C)[O-])nc(Cl)c1-c1ccccc1Cl. The summed E-state index contributed by atoms with van der Waals surface area (Å²) in [5.41, 5.74) is 1.35. The average Bonchev–Trinajstić information content (AvgIpc) is 2.39. The molecule has 1 heterocycles. The summed E-state index contributed by atoms with van der Waals surface area (Å²) >= 11 is 11.2. The summed E-state index contributed by atoms with van der Waals surface area (Å²) in [5.74, 6) is 0.531. The zero-order valence-electron chi connectivity index (χ0n) is 11.9. The summed E-state index contributed by atoms with van der Waals surface area (Å²) in [4.78, 5) is 8.44. The molecular formula is C14H15Cl2N3OS. The van der Waals surface area contributed by atoms with Crippen molar-refractivity contribution in [2.75, 3.05) is 11.6 Å². The van der Waals surface area contributed by atoms with Crippen LogP contribution in [0.3, 0.4) is 0 Å². The van der Waals surface area contributed by atoms with Gasteiger partial charge in [0.05, 0.1) is 5.56 Å². The summed E-state index contributed by atoms with van der Waals surface area (Å²) in [5, 5.41) is 4.18. The summed E-state index contributed by atoms with van der Waals surface area (Å²) in [6.45, 7) is 3.96. The molecule has 0 radical (unpaired) electrons. The normalized spacial score (nSPS) is 12.5. The number of rotatable bonds is 4. The molecule has 0 aliphatic heterocycles. The Morgan fingerprint density at radius 1 is 1.19 bits per heavy atom. The first-order valence-corrected chi connectivity index (χ1v) is 8.64. The van der Waals surface area contributed by atoms with Gasteiger partial charge in [0, 0.05) is 27.8 Å². The first-order valence-electron chi connectivity index (χ1n) is 6.32. The Hall–Kier alpha value is -1.01. The molecule has 0 fully saturated rings. The minimum absolute atomic E-state index is 0.135. The van der Waals surface area contributed by atoms with Gasteiger partial charge in [-0.15, -0.1) is 0 Å². The highest BCUT2D eigenvalue weighted by atomic mass is 35.5. The van der Waals surface area contributed by atoms with Gasteiger partial charge in [-0.2, -0.15) is 9.97 Å². The van der Waals surface area contributed by atoms with E-state index >= 15 is 0 Å². The van der Waals surface area contributed by atoms with Crippen LogP contribution in [-0.2, 0) is 11.2 Å². The minimum Gasteiger partial charge on any atom is -0.609 e. The van der Waals surface area contributed by atoms with Gasteiger partial charge in [0.2, 0.25) is 0 Å². The van der Waals surface area contributed by atoms with Gasteiger partial charge >= 0.3 is 5.16 Å². The maximum absolute atomic E-state index is 11.6. The lowest BCUT2D eigenvalue weighted by Gasteiger charge is -2.16. The van der Waals surface area contributed by atoms with E-state index in [0.717, 1.165) is 5.56 Å². The average molecular weight is 344 g/mol. The van der Waals surface area contributed by atoms with E-state index in [1.165, 1.54) is 6.26 Å². The summed E-state index contributed by atoms with van der Waals surface area (Å²) in [6, 6.07) is 7.46. The Bertz CT molecular complexity index is 650. The van der Waals surface area contributed by atoms with Gasteiger partial charge in [-0.25, -0.2) is 0 Å². The Balaban J connectivity index is 2.66. The molecule has 0 bridgehead atoms. The Morgan fingerprint density at radius 2 is 1.86 bits per heavy atom. The van der Waals surface area contributed by atoms with Crippen LogP contribution in [0.1, 0.15) is 13.8 Å². The maximum Gasteiger partial charge on any atom is 0.345 e.